The molecule has 0 saturated carbocycles. The number of halogens is 1. The molecule has 1 aromatic carbocycles. The molecule has 0 aliphatic rings. The number of fused-ring (bicyclic) bond motifs is 1. The quantitative estimate of drug-likeness (QED) is 0.492. The van der Waals surface area contributed by atoms with Crippen molar-refractivity contribution >= 4 is 39.6 Å². The molecule has 7 nitrogen and oxygen atoms in total. The van der Waals surface area contributed by atoms with Gasteiger partial charge in [-0.15, -0.1) is 11.3 Å². The number of rotatable bonds is 5. The lowest BCUT2D eigenvalue weighted by atomic mass is 10.1. The number of anilines is 1. The van der Waals surface area contributed by atoms with Gasteiger partial charge in [0.25, 0.3) is 5.56 Å². The van der Waals surface area contributed by atoms with Gasteiger partial charge in [-0.2, -0.15) is 0 Å². The van der Waals surface area contributed by atoms with Crippen LogP contribution in [0.1, 0.15) is 33.0 Å². The molecule has 0 radical (unpaired) electrons. The zero-order valence-corrected chi connectivity index (χ0v) is 18.3. The molecule has 1 amide bonds. The Labute approximate surface area is 181 Å². The van der Waals surface area contributed by atoms with Crippen molar-refractivity contribution in [3.05, 3.63) is 78.8 Å². The number of aromatic nitrogens is 4. The van der Waals surface area contributed by atoms with Crippen LogP contribution in [0.3, 0.4) is 0 Å². The summed E-state index contributed by atoms with van der Waals surface area (Å²) in [5.41, 5.74) is 4.65. The molecule has 4 rings (SSSR count). The maximum absolute atomic E-state index is 12.6. The highest BCUT2D eigenvalue weighted by molar-refractivity contribution is 7.15. The van der Waals surface area contributed by atoms with Gasteiger partial charge in [-0.3, -0.25) is 14.7 Å². The molecule has 2 N–H and O–H groups in total. The standard InChI is InChI=1S/C21H20ClN5O2S/c1-11-5-4-6-14(20(11)22)7-15-10-23-21(30-15)25-18(28)8-16-12(2)24-17-9-19(29)26-27(17)13(16)3/h4-6,9-10H,7-8H2,1-3H3,(H,26,29)(H,23,25,28). The van der Waals surface area contributed by atoms with Crippen molar-refractivity contribution in [2.24, 2.45) is 0 Å². The minimum Gasteiger partial charge on any atom is -0.302 e. The summed E-state index contributed by atoms with van der Waals surface area (Å²) >= 11 is 7.81. The lowest BCUT2D eigenvalue weighted by molar-refractivity contribution is -0.115. The van der Waals surface area contributed by atoms with Crippen LogP contribution in [-0.2, 0) is 17.6 Å². The van der Waals surface area contributed by atoms with Gasteiger partial charge in [-0.25, -0.2) is 14.5 Å². The van der Waals surface area contributed by atoms with Gasteiger partial charge in [-0.1, -0.05) is 29.8 Å². The van der Waals surface area contributed by atoms with Crippen molar-refractivity contribution in [1.29, 1.82) is 0 Å². The molecular formula is C21H20ClN5O2S. The minimum absolute atomic E-state index is 0.138. The first-order valence-electron chi connectivity index (χ1n) is 9.38. The van der Waals surface area contributed by atoms with Gasteiger partial charge >= 0.3 is 0 Å². The molecule has 0 spiro atoms. The van der Waals surface area contributed by atoms with Crippen LogP contribution < -0.4 is 10.9 Å². The van der Waals surface area contributed by atoms with Gasteiger partial charge in [0.1, 0.15) is 0 Å². The van der Waals surface area contributed by atoms with Crippen molar-refractivity contribution < 1.29 is 4.79 Å². The number of benzene rings is 1. The molecule has 154 valence electrons. The van der Waals surface area contributed by atoms with E-state index in [0.29, 0.717) is 17.2 Å². The van der Waals surface area contributed by atoms with Crippen LogP contribution in [0.5, 0.6) is 0 Å². The predicted molar refractivity (Wildman–Crippen MR) is 119 cm³/mol. The Bertz CT molecular complexity index is 1320. The van der Waals surface area contributed by atoms with Crippen LogP contribution in [-0.4, -0.2) is 25.5 Å². The fourth-order valence-corrected chi connectivity index (χ4v) is 4.46. The normalized spacial score (nSPS) is 11.2. The van der Waals surface area contributed by atoms with Crippen LogP contribution in [0.15, 0.2) is 35.3 Å². The monoisotopic (exact) mass is 441 g/mol. The van der Waals surface area contributed by atoms with Crippen LogP contribution in [0.25, 0.3) is 5.65 Å². The summed E-state index contributed by atoms with van der Waals surface area (Å²) in [5.74, 6) is -0.189. The Morgan fingerprint density at radius 2 is 2.10 bits per heavy atom. The molecule has 9 heteroatoms. The van der Waals surface area contributed by atoms with Crippen molar-refractivity contribution in [2.45, 2.75) is 33.6 Å². The lowest BCUT2D eigenvalue weighted by Crippen LogP contribution is -2.17. The van der Waals surface area contributed by atoms with Gasteiger partial charge in [0.15, 0.2) is 10.8 Å². The number of carbonyl (C=O) groups excluding carboxylic acids is 1. The molecule has 3 aromatic heterocycles. The number of H-pyrrole nitrogens is 1. The highest BCUT2D eigenvalue weighted by Crippen LogP contribution is 2.27. The Morgan fingerprint density at radius 1 is 1.30 bits per heavy atom. The summed E-state index contributed by atoms with van der Waals surface area (Å²) in [6, 6.07) is 7.38. The number of thiazole rings is 1. The second kappa shape index (κ2) is 8.04. The highest BCUT2D eigenvalue weighted by Gasteiger charge is 2.15. The fraction of sp³-hybridized carbons (Fsp3) is 0.238. The SMILES string of the molecule is Cc1cccc(Cc2cnc(NC(=O)Cc3c(C)nc4cc(=O)[nH]n4c3C)s2)c1Cl. The number of carbonyl (C=O) groups is 1. The number of amides is 1. The van der Waals surface area contributed by atoms with Gasteiger partial charge in [0, 0.05) is 45.5 Å². The number of aryl methyl sites for hydroxylation is 3. The fourth-order valence-electron chi connectivity index (χ4n) is 3.41. The summed E-state index contributed by atoms with van der Waals surface area (Å²) in [4.78, 5) is 33.9. The second-order valence-corrected chi connectivity index (χ2v) is 8.65. The van der Waals surface area contributed by atoms with E-state index in [0.717, 1.165) is 38.0 Å². The first-order valence-corrected chi connectivity index (χ1v) is 10.6. The summed E-state index contributed by atoms with van der Waals surface area (Å²) in [5, 5.41) is 6.85. The van der Waals surface area contributed by atoms with E-state index in [-0.39, 0.29) is 17.9 Å². The van der Waals surface area contributed by atoms with Crippen molar-refractivity contribution in [1.82, 2.24) is 19.6 Å². The molecule has 3 heterocycles. The van der Waals surface area contributed by atoms with E-state index in [1.54, 1.807) is 10.7 Å². The largest absolute Gasteiger partial charge is 0.302 e. The molecule has 0 fully saturated rings. The summed E-state index contributed by atoms with van der Waals surface area (Å²) < 4.78 is 1.60. The zero-order chi connectivity index (χ0) is 21.4. The average Bonchev–Trinajstić information content (AvgIpc) is 3.28. The maximum atomic E-state index is 12.6. The van der Waals surface area contributed by atoms with Crippen LogP contribution in [0.4, 0.5) is 5.13 Å². The predicted octanol–water partition coefficient (Wildman–Crippen LogP) is 3.83. The van der Waals surface area contributed by atoms with Crippen LogP contribution >= 0.6 is 22.9 Å². The van der Waals surface area contributed by atoms with E-state index in [1.165, 1.54) is 17.4 Å². The number of hydrogen-bond donors (Lipinski definition) is 2. The van der Waals surface area contributed by atoms with E-state index in [9.17, 15) is 9.59 Å². The Morgan fingerprint density at radius 3 is 2.90 bits per heavy atom. The number of nitrogens with zero attached hydrogens (tertiary/aromatic N) is 3. The first-order chi connectivity index (χ1) is 14.3. The van der Waals surface area contributed by atoms with Crippen molar-refractivity contribution in [2.75, 3.05) is 5.32 Å². The summed E-state index contributed by atoms with van der Waals surface area (Å²) in [7, 11) is 0. The third kappa shape index (κ3) is 4.01. The molecule has 0 atom stereocenters. The first kappa shape index (κ1) is 20.3. The van der Waals surface area contributed by atoms with Crippen molar-refractivity contribution in [3.8, 4) is 0 Å². The van der Waals surface area contributed by atoms with Gasteiger partial charge in [0.2, 0.25) is 5.91 Å². The van der Waals surface area contributed by atoms with E-state index in [2.05, 4.69) is 20.4 Å². The Kier molecular flexibility index (Phi) is 5.44. The smallest absolute Gasteiger partial charge is 0.266 e. The maximum Gasteiger partial charge on any atom is 0.266 e. The average molecular weight is 442 g/mol. The van der Waals surface area contributed by atoms with Gasteiger partial charge in [-0.05, 0) is 31.9 Å². The Balaban J connectivity index is 1.48. The van der Waals surface area contributed by atoms with Crippen molar-refractivity contribution in [3.63, 3.8) is 0 Å². The molecule has 0 unspecified atom stereocenters. The van der Waals surface area contributed by atoms with Crippen LogP contribution in [0.2, 0.25) is 5.02 Å². The minimum atomic E-state index is -0.226. The molecule has 0 saturated heterocycles. The topological polar surface area (TPSA) is 92.2 Å². The lowest BCUT2D eigenvalue weighted by Gasteiger charge is -2.11. The molecule has 4 aromatic rings. The Hall–Kier alpha value is -2.97. The third-order valence-corrected chi connectivity index (χ3v) is 6.43. The molecule has 0 aliphatic heterocycles. The number of aromatic amines is 1. The van der Waals surface area contributed by atoms with Crippen LogP contribution in [0, 0.1) is 20.8 Å². The molecular weight excluding hydrogens is 422 g/mol. The van der Waals surface area contributed by atoms with E-state index >= 15 is 0 Å². The van der Waals surface area contributed by atoms with E-state index in [1.807, 2.05) is 39.0 Å². The molecule has 0 aliphatic carbocycles. The highest BCUT2D eigenvalue weighted by atomic mass is 35.5. The van der Waals surface area contributed by atoms with E-state index < -0.39 is 0 Å². The summed E-state index contributed by atoms with van der Waals surface area (Å²) in [6.07, 6.45) is 2.56. The molecule has 0 bridgehead atoms. The number of nitrogens with one attached hydrogen (secondary N) is 2. The molecule has 30 heavy (non-hydrogen) atoms. The number of hydrogen-bond acceptors (Lipinski definition) is 5. The van der Waals surface area contributed by atoms with Gasteiger partial charge < -0.3 is 5.32 Å². The zero-order valence-electron chi connectivity index (χ0n) is 16.7. The second-order valence-electron chi connectivity index (χ2n) is 7.16. The third-order valence-electron chi connectivity index (χ3n) is 4.98. The van der Waals surface area contributed by atoms with Gasteiger partial charge in [0.05, 0.1) is 6.42 Å². The summed E-state index contributed by atoms with van der Waals surface area (Å²) in [6.45, 7) is 5.66. The van der Waals surface area contributed by atoms with E-state index in [4.69, 9.17) is 11.6 Å².